The van der Waals surface area contributed by atoms with E-state index >= 15 is 0 Å². The molecule has 0 aliphatic carbocycles. The number of guanidine groups is 1. The predicted octanol–water partition coefficient (Wildman–Crippen LogP) is 2.48. The molecule has 2 aromatic rings. The second-order valence-electron chi connectivity index (χ2n) is 6.40. The van der Waals surface area contributed by atoms with Gasteiger partial charge in [0.1, 0.15) is 5.01 Å². The van der Waals surface area contributed by atoms with Crippen molar-refractivity contribution in [2.45, 2.75) is 33.4 Å². The summed E-state index contributed by atoms with van der Waals surface area (Å²) in [6, 6.07) is 8.76. The first-order valence-corrected chi connectivity index (χ1v) is 9.64. The molecular formula is C19H27N5S. The van der Waals surface area contributed by atoms with Gasteiger partial charge in [-0.05, 0) is 31.4 Å². The maximum Gasteiger partial charge on any atom is 0.191 e. The predicted molar refractivity (Wildman–Crippen MR) is 105 cm³/mol. The van der Waals surface area contributed by atoms with Gasteiger partial charge in [-0.15, -0.1) is 11.3 Å². The van der Waals surface area contributed by atoms with Crippen molar-refractivity contribution in [3.8, 4) is 0 Å². The lowest BCUT2D eigenvalue weighted by atomic mass is 10.00. The Kier molecular flexibility index (Phi) is 6.04. The molecule has 1 aromatic carbocycles. The second-order valence-corrected chi connectivity index (χ2v) is 7.68. The van der Waals surface area contributed by atoms with E-state index in [1.165, 1.54) is 16.0 Å². The average molecular weight is 358 g/mol. The molecule has 0 saturated carbocycles. The molecule has 0 unspecified atom stereocenters. The summed E-state index contributed by atoms with van der Waals surface area (Å²) < 4.78 is 0. The molecule has 0 amide bonds. The topological polar surface area (TPSA) is 52.6 Å². The van der Waals surface area contributed by atoms with Crippen LogP contribution in [0.5, 0.6) is 0 Å². The van der Waals surface area contributed by atoms with Gasteiger partial charge in [0.05, 0.1) is 12.2 Å². The molecule has 0 saturated heterocycles. The number of aliphatic imine (C=N–C) groups is 1. The van der Waals surface area contributed by atoms with E-state index < -0.39 is 0 Å². The summed E-state index contributed by atoms with van der Waals surface area (Å²) in [5, 5.41) is 7.86. The molecular weight excluding hydrogens is 330 g/mol. The Bertz CT molecular complexity index is 718. The zero-order valence-electron chi connectivity index (χ0n) is 15.3. The first-order valence-electron chi connectivity index (χ1n) is 8.82. The van der Waals surface area contributed by atoms with Crippen LogP contribution in [0.25, 0.3) is 0 Å². The minimum absolute atomic E-state index is 0.718. The third-order valence-corrected chi connectivity index (χ3v) is 5.71. The van der Waals surface area contributed by atoms with Crippen molar-refractivity contribution < 1.29 is 0 Å². The molecule has 0 fully saturated rings. The van der Waals surface area contributed by atoms with Crippen molar-refractivity contribution in [1.29, 1.82) is 0 Å². The van der Waals surface area contributed by atoms with Crippen LogP contribution >= 0.6 is 11.3 Å². The van der Waals surface area contributed by atoms with Gasteiger partial charge in [0.15, 0.2) is 5.96 Å². The standard InChI is InChI=1S/C19H27N5S/c1-14-15(2)25-18(23-14)12-22-19(20-3)21-9-11-24-10-8-16-6-4-5-7-17(16)13-24/h4-7H,8-13H2,1-3H3,(H2,20,21,22). The molecule has 0 bridgehead atoms. The Morgan fingerprint density at radius 2 is 2.04 bits per heavy atom. The molecule has 1 aliphatic heterocycles. The van der Waals surface area contributed by atoms with Gasteiger partial charge in [0.2, 0.25) is 0 Å². The van der Waals surface area contributed by atoms with Crippen LogP contribution in [0.3, 0.4) is 0 Å². The average Bonchev–Trinajstić information content (AvgIpc) is 2.95. The molecule has 0 spiro atoms. The Morgan fingerprint density at radius 1 is 1.24 bits per heavy atom. The highest BCUT2D eigenvalue weighted by molar-refractivity contribution is 7.11. The second kappa shape index (κ2) is 8.45. The largest absolute Gasteiger partial charge is 0.355 e. The summed E-state index contributed by atoms with van der Waals surface area (Å²) in [6.45, 7) is 8.96. The number of aromatic nitrogens is 1. The van der Waals surface area contributed by atoms with E-state index in [-0.39, 0.29) is 0 Å². The molecule has 0 radical (unpaired) electrons. The lowest BCUT2D eigenvalue weighted by molar-refractivity contribution is 0.258. The van der Waals surface area contributed by atoms with Gasteiger partial charge in [0, 0.05) is 38.1 Å². The van der Waals surface area contributed by atoms with E-state index in [9.17, 15) is 0 Å². The maximum absolute atomic E-state index is 4.56. The van der Waals surface area contributed by atoms with Crippen molar-refractivity contribution in [2.24, 2.45) is 4.99 Å². The molecule has 1 aromatic heterocycles. The van der Waals surface area contributed by atoms with Crippen molar-refractivity contribution in [1.82, 2.24) is 20.5 Å². The van der Waals surface area contributed by atoms with E-state index in [2.05, 4.69) is 63.6 Å². The van der Waals surface area contributed by atoms with Crippen molar-refractivity contribution in [3.05, 3.63) is 51.0 Å². The summed E-state index contributed by atoms with van der Waals surface area (Å²) in [5.41, 5.74) is 4.08. The van der Waals surface area contributed by atoms with E-state index in [0.29, 0.717) is 0 Å². The third-order valence-electron chi connectivity index (χ3n) is 4.63. The van der Waals surface area contributed by atoms with Gasteiger partial charge < -0.3 is 10.6 Å². The first kappa shape index (κ1) is 17.9. The number of thiazole rings is 1. The van der Waals surface area contributed by atoms with Gasteiger partial charge in [-0.1, -0.05) is 24.3 Å². The van der Waals surface area contributed by atoms with Gasteiger partial charge in [-0.25, -0.2) is 4.98 Å². The highest BCUT2D eigenvalue weighted by atomic mass is 32.1. The Hall–Kier alpha value is -1.92. The lowest BCUT2D eigenvalue weighted by Gasteiger charge is -2.28. The summed E-state index contributed by atoms with van der Waals surface area (Å²) >= 11 is 1.74. The smallest absolute Gasteiger partial charge is 0.191 e. The van der Waals surface area contributed by atoms with Crippen LogP contribution in [0.1, 0.15) is 26.7 Å². The Labute approximate surface area is 154 Å². The molecule has 0 atom stereocenters. The number of aryl methyl sites for hydroxylation is 2. The Balaban J connectivity index is 1.41. The number of rotatable bonds is 5. The summed E-state index contributed by atoms with van der Waals surface area (Å²) in [7, 11) is 1.81. The fourth-order valence-corrected chi connectivity index (χ4v) is 3.95. The zero-order chi connectivity index (χ0) is 17.6. The van der Waals surface area contributed by atoms with Gasteiger partial charge >= 0.3 is 0 Å². The molecule has 6 heteroatoms. The zero-order valence-corrected chi connectivity index (χ0v) is 16.1. The molecule has 2 heterocycles. The monoisotopic (exact) mass is 357 g/mol. The minimum atomic E-state index is 0.718. The molecule has 134 valence electrons. The number of fused-ring (bicyclic) bond motifs is 1. The summed E-state index contributed by atoms with van der Waals surface area (Å²) in [4.78, 5) is 12.6. The quantitative estimate of drug-likeness (QED) is 0.638. The van der Waals surface area contributed by atoms with Crippen molar-refractivity contribution >= 4 is 17.3 Å². The highest BCUT2D eigenvalue weighted by Gasteiger charge is 2.15. The number of nitrogens with one attached hydrogen (secondary N) is 2. The molecule has 3 rings (SSSR count). The van der Waals surface area contributed by atoms with Crippen LogP contribution in [-0.4, -0.2) is 42.5 Å². The summed E-state index contributed by atoms with van der Waals surface area (Å²) in [6.07, 6.45) is 1.14. The van der Waals surface area contributed by atoms with Crippen LogP contribution in [0.4, 0.5) is 0 Å². The van der Waals surface area contributed by atoms with Crippen LogP contribution in [0.2, 0.25) is 0 Å². The SMILES string of the molecule is CN=C(NCCN1CCc2ccccc2C1)NCc1nc(C)c(C)s1. The van der Waals surface area contributed by atoms with Crippen molar-refractivity contribution in [3.63, 3.8) is 0 Å². The minimum Gasteiger partial charge on any atom is -0.355 e. The molecule has 2 N–H and O–H groups in total. The molecule has 25 heavy (non-hydrogen) atoms. The van der Waals surface area contributed by atoms with Crippen LogP contribution in [-0.2, 0) is 19.5 Å². The van der Waals surface area contributed by atoms with Gasteiger partial charge in [0.25, 0.3) is 0 Å². The van der Waals surface area contributed by atoms with Gasteiger partial charge in [-0.3, -0.25) is 9.89 Å². The summed E-state index contributed by atoms with van der Waals surface area (Å²) in [5.74, 6) is 0.836. The number of benzene rings is 1. The van der Waals surface area contributed by atoms with E-state index in [1.807, 2.05) is 7.05 Å². The molecule has 5 nitrogen and oxygen atoms in total. The number of hydrogen-bond donors (Lipinski definition) is 2. The van der Waals surface area contributed by atoms with Crippen LogP contribution in [0, 0.1) is 13.8 Å². The fourth-order valence-electron chi connectivity index (χ4n) is 3.07. The number of nitrogens with zero attached hydrogens (tertiary/aromatic N) is 3. The van der Waals surface area contributed by atoms with E-state index in [1.54, 1.807) is 11.3 Å². The third kappa shape index (κ3) is 4.80. The van der Waals surface area contributed by atoms with Crippen molar-refractivity contribution in [2.75, 3.05) is 26.7 Å². The van der Waals surface area contributed by atoms with E-state index in [4.69, 9.17) is 0 Å². The highest BCUT2D eigenvalue weighted by Crippen LogP contribution is 2.18. The van der Waals surface area contributed by atoms with E-state index in [0.717, 1.165) is 55.8 Å². The first-order chi connectivity index (χ1) is 12.2. The van der Waals surface area contributed by atoms with Crippen LogP contribution in [0.15, 0.2) is 29.3 Å². The number of hydrogen-bond acceptors (Lipinski definition) is 4. The van der Waals surface area contributed by atoms with Crippen LogP contribution < -0.4 is 10.6 Å². The lowest BCUT2D eigenvalue weighted by Crippen LogP contribution is -2.42. The van der Waals surface area contributed by atoms with Gasteiger partial charge in [-0.2, -0.15) is 0 Å². The fraction of sp³-hybridized carbons (Fsp3) is 0.474. The normalized spacial score (nSPS) is 15.1. The molecule has 1 aliphatic rings. The maximum atomic E-state index is 4.56. The Morgan fingerprint density at radius 3 is 2.76 bits per heavy atom.